The number of nitro benzene ring substituents is 1. The minimum Gasteiger partial charge on any atom is -0.337 e. The van der Waals surface area contributed by atoms with Crippen LogP contribution in [0.2, 0.25) is 5.02 Å². The maximum absolute atomic E-state index is 12.4. The van der Waals surface area contributed by atoms with Crippen LogP contribution in [-0.2, 0) is 0 Å². The molecule has 1 amide bonds. The monoisotopic (exact) mass is 297 g/mol. The number of benzene rings is 1. The Morgan fingerprint density at radius 1 is 1.55 bits per heavy atom. The van der Waals surface area contributed by atoms with Crippen LogP contribution in [-0.4, -0.2) is 34.9 Å². The van der Waals surface area contributed by atoms with Gasteiger partial charge in [0.05, 0.1) is 4.92 Å². The summed E-state index contributed by atoms with van der Waals surface area (Å²) in [6, 6.07) is 3.89. The topological polar surface area (TPSA) is 89.5 Å². The van der Waals surface area contributed by atoms with Gasteiger partial charge in [0.1, 0.15) is 5.56 Å². The number of nitrogens with zero attached hydrogens (tertiary/aromatic N) is 2. The summed E-state index contributed by atoms with van der Waals surface area (Å²) in [5.41, 5.74) is 5.75. The van der Waals surface area contributed by atoms with E-state index in [2.05, 4.69) is 0 Å². The number of amides is 1. The second-order valence-corrected chi connectivity index (χ2v) is 5.54. The highest BCUT2D eigenvalue weighted by atomic mass is 35.5. The van der Waals surface area contributed by atoms with Gasteiger partial charge in [0, 0.05) is 30.2 Å². The average Bonchev–Trinajstić information content (AvgIpc) is 2.40. The zero-order valence-corrected chi connectivity index (χ0v) is 11.8. The Kier molecular flexibility index (Phi) is 4.25. The van der Waals surface area contributed by atoms with Crippen LogP contribution in [0.25, 0.3) is 0 Å². The molecule has 2 rings (SSSR count). The summed E-state index contributed by atoms with van der Waals surface area (Å²) in [5.74, 6) is -0.0463. The highest BCUT2D eigenvalue weighted by Gasteiger charge is 2.30. The number of rotatable bonds is 2. The predicted molar refractivity (Wildman–Crippen MR) is 75.8 cm³/mol. The van der Waals surface area contributed by atoms with Gasteiger partial charge >= 0.3 is 0 Å². The largest absolute Gasteiger partial charge is 0.337 e. The van der Waals surface area contributed by atoms with Crippen LogP contribution < -0.4 is 5.73 Å². The Hall–Kier alpha value is -1.66. The van der Waals surface area contributed by atoms with Crippen molar-refractivity contribution in [3.8, 4) is 0 Å². The van der Waals surface area contributed by atoms with Gasteiger partial charge in [-0.2, -0.15) is 0 Å². The second kappa shape index (κ2) is 5.76. The molecule has 1 heterocycles. The van der Waals surface area contributed by atoms with Crippen molar-refractivity contribution in [2.75, 3.05) is 13.1 Å². The quantitative estimate of drug-likeness (QED) is 0.668. The summed E-state index contributed by atoms with van der Waals surface area (Å²) in [6.45, 7) is 3.00. The van der Waals surface area contributed by atoms with Crippen LogP contribution >= 0.6 is 11.6 Å². The van der Waals surface area contributed by atoms with Crippen LogP contribution in [0.4, 0.5) is 5.69 Å². The van der Waals surface area contributed by atoms with Gasteiger partial charge in [-0.15, -0.1) is 0 Å². The Balaban J connectivity index is 2.29. The molecule has 1 aliphatic heterocycles. The van der Waals surface area contributed by atoms with Crippen LogP contribution in [0, 0.1) is 16.0 Å². The molecular weight excluding hydrogens is 282 g/mol. The molecule has 0 spiro atoms. The fourth-order valence-corrected chi connectivity index (χ4v) is 2.46. The molecule has 1 aliphatic rings. The number of carbonyl (C=O) groups is 1. The van der Waals surface area contributed by atoms with E-state index in [1.807, 2.05) is 6.92 Å². The normalized spacial score (nSPS) is 22.6. The summed E-state index contributed by atoms with van der Waals surface area (Å²) in [4.78, 5) is 24.4. The Morgan fingerprint density at radius 3 is 2.85 bits per heavy atom. The molecule has 2 unspecified atom stereocenters. The van der Waals surface area contributed by atoms with E-state index in [4.69, 9.17) is 17.3 Å². The van der Waals surface area contributed by atoms with Gasteiger partial charge in [-0.25, -0.2) is 0 Å². The molecule has 20 heavy (non-hydrogen) atoms. The van der Waals surface area contributed by atoms with E-state index < -0.39 is 4.92 Å². The molecule has 1 saturated heterocycles. The first-order valence-electron chi connectivity index (χ1n) is 6.39. The number of likely N-dealkylation sites (tertiary alicyclic amines) is 1. The van der Waals surface area contributed by atoms with E-state index in [-0.39, 0.29) is 23.2 Å². The predicted octanol–water partition coefficient (Wildman–Crippen LogP) is 2.06. The molecule has 0 radical (unpaired) electrons. The van der Waals surface area contributed by atoms with Gasteiger partial charge in [0.15, 0.2) is 0 Å². The van der Waals surface area contributed by atoms with E-state index in [0.717, 1.165) is 6.42 Å². The van der Waals surface area contributed by atoms with Crippen molar-refractivity contribution in [3.63, 3.8) is 0 Å². The summed E-state index contributed by atoms with van der Waals surface area (Å²) < 4.78 is 0. The summed E-state index contributed by atoms with van der Waals surface area (Å²) in [7, 11) is 0. The molecule has 0 aliphatic carbocycles. The van der Waals surface area contributed by atoms with Gasteiger partial charge in [0.25, 0.3) is 11.6 Å². The number of nitrogens with two attached hydrogens (primary N) is 1. The summed E-state index contributed by atoms with van der Waals surface area (Å²) >= 11 is 5.84. The van der Waals surface area contributed by atoms with E-state index in [0.29, 0.717) is 24.0 Å². The molecule has 7 heteroatoms. The summed E-state index contributed by atoms with van der Waals surface area (Å²) in [5, 5.41) is 11.3. The third-order valence-corrected chi connectivity index (χ3v) is 3.92. The molecule has 0 aromatic heterocycles. The Labute approximate surface area is 121 Å². The van der Waals surface area contributed by atoms with Gasteiger partial charge < -0.3 is 10.6 Å². The average molecular weight is 298 g/mol. The maximum Gasteiger partial charge on any atom is 0.282 e. The molecule has 0 saturated carbocycles. The van der Waals surface area contributed by atoms with E-state index in [9.17, 15) is 14.9 Å². The first kappa shape index (κ1) is 14.7. The van der Waals surface area contributed by atoms with Crippen molar-refractivity contribution in [1.29, 1.82) is 0 Å². The van der Waals surface area contributed by atoms with E-state index in [1.165, 1.54) is 18.2 Å². The van der Waals surface area contributed by atoms with Gasteiger partial charge in [-0.05, 0) is 24.5 Å². The lowest BCUT2D eigenvalue weighted by Gasteiger charge is -2.35. The smallest absolute Gasteiger partial charge is 0.282 e. The molecule has 2 N–H and O–H groups in total. The van der Waals surface area contributed by atoms with Crippen LogP contribution in [0.5, 0.6) is 0 Å². The van der Waals surface area contributed by atoms with Gasteiger partial charge in [0.2, 0.25) is 0 Å². The van der Waals surface area contributed by atoms with Crippen molar-refractivity contribution in [2.24, 2.45) is 11.7 Å². The standard InChI is InChI=1S/C13H16ClN3O3/c1-8-4-5-16(7-11(8)15)13(18)10-6-9(14)2-3-12(10)17(19)20/h2-3,6,8,11H,4-5,7,15H2,1H3. The lowest BCUT2D eigenvalue weighted by Crippen LogP contribution is -2.49. The number of piperidine rings is 1. The molecule has 0 bridgehead atoms. The third-order valence-electron chi connectivity index (χ3n) is 3.69. The van der Waals surface area contributed by atoms with Crippen LogP contribution in [0.3, 0.4) is 0 Å². The molecule has 108 valence electrons. The van der Waals surface area contributed by atoms with E-state index in [1.54, 1.807) is 4.90 Å². The second-order valence-electron chi connectivity index (χ2n) is 5.10. The number of hydrogen-bond donors (Lipinski definition) is 1. The van der Waals surface area contributed by atoms with Crippen LogP contribution in [0.15, 0.2) is 18.2 Å². The molecule has 2 atom stereocenters. The van der Waals surface area contributed by atoms with Crippen molar-refractivity contribution in [1.82, 2.24) is 4.90 Å². The number of nitro groups is 1. The minimum atomic E-state index is -0.573. The fourth-order valence-electron chi connectivity index (χ4n) is 2.29. The Bertz CT molecular complexity index is 550. The maximum atomic E-state index is 12.4. The highest BCUT2D eigenvalue weighted by Crippen LogP contribution is 2.26. The zero-order valence-electron chi connectivity index (χ0n) is 11.1. The SMILES string of the molecule is CC1CCN(C(=O)c2cc(Cl)ccc2[N+](=O)[O-])CC1N. The van der Waals surface area contributed by atoms with Crippen molar-refractivity contribution in [3.05, 3.63) is 38.9 Å². The first-order valence-corrected chi connectivity index (χ1v) is 6.76. The van der Waals surface area contributed by atoms with Gasteiger partial charge in [-0.1, -0.05) is 18.5 Å². The number of carbonyl (C=O) groups excluding carboxylic acids is 1. The van der Waals surface area contributed by atoms with Crippen molar-refractivity contribution in [2.45, 2.75) is 19.4 Å². The first-order chi connectivity index (χ1) is 9.40. The molecule has 1 fully saturated rings. The summed E-state index contributed by atoms with van der Waals surface area (Å²) in [6.07, 6.45) is 0.793. The van der Waals surface area contributed by atoms with Gasteiger partial charge in [-0.3, -0.25) is 14.9 Å². The highest BCUT2D eigenvalue weighted by molar-refractivity contribution is 6.31. The Morgan fingerprint density at radius 2 is 2.25 bits per heavy atom. The zero-order chi connectivity index (χ0) is 14.9. The molecule has 6 nitrogen and oxygen atoms in total. The molecule has 1 aromatic carbocycles. The number of hydrogen-bond acceptors (Lipinski definition) is 4. The lowest BCUT2D eigenvalue weighted by atomic mass is 9.94. The molecule has 1 aromatic rings. The van der Waals surface area contributed by atoms with Crippen molar-refractivity contribution >= 4 is 23.2 Å². The lowest BCUT2D eigenvalue weighted by molar-refractivity contribution is -0.385. The van der Waals surface area contributed by atoms with Crippen LogP contribution in [0.1, 0.15) is 23.7 Å². The number of halogens is 1. The minimum absolute atomic E-state index is 0.0178. The molecular formula is C13H16ClN3O3. The third kappa shape index (κ3) is 2.91. The van der Waals surface area contributed by atoms with Crippen molar-refractivity contribution < 1.29 is 9.72 Å². The van der Waals surface area contributed by atoms with E-state index >= 15 is 0 Å². The fraction of sp³-hybridized carbons (Fsp3) is 0.462.